The summed E-state index contributed by atoms with van der Waals surface area (Å²) < 4.78 is 32.7. The SMILES string of the molecule is O.O.O.O.O.O.O.O.[H-].[H-].[Mg+2].[O-][Cl+3]([O-])([O-])O. The van der Waals surface area contributed by atoms with Crippen molar-refractivity contribution >= 4 is 23.1 Å². The molecular weight excluding hydrogens is 252 g/mol. The Morgan fingerprint density at radius 3 is 0.643 bits per heavy atom. The summed E-state index contributed by atoms with van der Waals surface area (Å²) in [5, 5.41) is 0. The summed E-state index contributed by atoms with van der Waals surface area (Å²) in [6.07, 6.45) is 0. The second-order valence-electron chi connectivity index (χ2n) is 0.396. The van der Waals surface area contributed by atoms with Gasteiger partial charge in [-0.05, 0) is 0 Å². The van der Waals surface area contributed by atoms with Gasteiger partial charge in [0.15, 0.2) is 0 Å². The number of halogens is 1. The van der Waals surface area contributed by atoms with E-state index in [1.54, 1.807) is 0 Å². The molecule has 14 heavy (non-hydrogen) atoms. The predicted octanol–water partition coefficient (Wildman–Crippen LogP) is -10.9. The summed E-state index contributed by atoms with van der Waals surface area (Å²) in [7, 11) is -4.69. The van der Waals surface area contributed by atoms with E-state index in [9.17, 15) is 0 Å². The normalized spacial score (nSPS) is 4.29. The fraction of sp³-hybridized carbons (Fsp3) is 0. The van der Waals surface area contributed by atoms with Crippen LogP contribution in [0.15, 0.2) is 0 Å². The van der Waals surface area contributed by atoms with Crippen LogP contribution in [0, 0.1) is 10.2 Å². The third-order valence-corrected chi connectivity index (χ3v) is 0. The van der Waals surface area contributed by atoms with Gasteiger partial charge in [-0.25, -0.2) is 0 Å². The molecule has 0 aromatic heterocycles. The zero-order valence-electron chi connectivity index (χ0n) is 8.76. The summed E-state index contributed by atoms with van der Waals surface area (Å²) >= 11 is 0. The topological polar surface area (TPSA) is 341 Å². The summed E-state index contributed by atoms with van der Waals surface area (Å²) in [6.45, 7) is 0. The molecule has 100 valence electrons. The van der Waals surface area contributed by atoms with Gasteiger partial charge in [0.25, 0.3) is 0 Å². The van der Waals surface area contributed by atoms with E-state index >= 15 is 0 Å². The second kappa shape index (κ2) is 49.7. The molecule has 0 aliphatic heterocycles. The zero-order valence-corrected chi connectivity index (χ0v) is 8.93. The first-order valence-corrected chi connectivity index (χ1v) is 1.90. The summed E-state index contributed by atoms with van der Waals surface area (Å²) in [5.74, 6) is 0. The van der Waals surface area contributed by atoms with E-state index in [1.165, 1.54) is 0 Å². The number of rotatable bonds is 0. The molecule has 0 atom stereocenters. The van der Waals surface area contributed by atoms with Crippen molar-refractivity contribution in [3.63, 3.8) is 0 Å². The van der Waals surface area contributed by atoms with Gasteiger partial charge in [0, 0.05) is 0 Å². The monoisotopic (exact) mass is 270 g/mol. The number of hydrogen-bond acceptors (Lipinski definition) is 4. The van der Waals surface area contributed by atoms with E-state index in [2.05, 4.69) is 0 Å². The van der Waals surface area contributed by atoms with Crippen LogP contribution in [0.25, 0.3) is 0 Å². The first kappa shape index (κ1) is 128. The van der Waals surface area contributed by atoms with Crippen LogP contribution in [-0.4, -0.2) is 71.5 Å². The van der Waals surface area contributed by atoms with E-state index in [0.29, 0.717) is 0 Å². The summed E-state index contributed by atoms with van der Waals surface area (Å²) in [5.41, 5.74) is 0. The van der Waals surface area contributed by atoms with Crippen molar-refractivity contribution in [3.05, 3.63) is 0 Å². The van der Waals surface area contributed by atoms with Crippen molar-refractivity contribution in [1.82, 2.24) is 0 Å². The Bertz CT molecular complexity index is 34.5. The Balaban J connectivity index is -0.00000000145. The fourth-order valence-electron chi connectivity index (χ4n) is 0. The van der Waals surface area contributed by atoms with Crippen molar-refractivity contribution in [3.8, 4) is 0 Å². The fourth-order valence-corrected chi connectivity index (χ4v) is 0. The van der Waals surface area contributed by atoms with Crippen molar-refractivity contribution in [2.24, 2.45) is 0 Å². The smallest absolute Gasteiger partial charge is 1.00 e. The zero-order chi connectivity index (χ0) is 4.50. The molecule has 0 aliphatic carbocycles. The van der Waals surface area contributed by atoms with Gasteiger partial charge in [-0.1, -0.05) is 0 Å². The van der Waals surface area contributed by atoms with Crippen molar-refractivity contribution in [2.75, 3.05) is 0 Å². The van der Waals surface area contributed by atoms with Gasteiger partial charge in [0.05, 0.1) is 14.9 Å². The van der Waals surface area contributed by atoms with E-state index in [0.717, 1.165) is 0 Å². The average Bonchev–Trinajstić information content (AvgIpc) is 0.722. The minimum atomic E-state index is -4.69. The van der Waals surface area contributed by atoms with Crippen molar-refractivity contribution in [2.45, 2.75) is 0 Å². The van der Waals surface area contributed by atoms with E-state index in [1.807, 2.05) is 0 Å². The van der Waals surface area contributed by atoms with Gasteiger partial charge in [-0.2, -0.15) is 14.0 Å². The van der Waals surface area contributed by atoms with Crippen molar-refractivity contribution < 1.29 is 75.5 Å². The third-order valence-electron chi connectivity index (χ3n) is 0. The van der Waals surface area contributed by atoms with Crippen molar-refractivity contribution in [1.29, 1.82) is 0 Å². The maximum Gasteiger partial charge on any atom is 2.00 e. The first-order chi connectivity index (χ1) is 2.00. The molecule has 0 spiro atoms. The van der Waals surface area contributed by atoms with E-state index in [-0.39, 0.29) is 69.7 Å². The van der Waals surface area contributed by atoms with Crippen LogP contribution in [0.5, 0.6) is 0 Å². The Hall–Kier alpha value is 0.576. The van der Waals surface area contributed by atoms with Gasteiger partial charge >= 0.3 is 23.1 Å². The molecule has 0 aromatic carbocycles. The molecule has 0 fully saturated rings. The van der Waals surface area contributed by atoms with Crippen LogP contribution in [0.3, 0.4) is 0 Å². The third kappa shape index (κ3) is 5080. The largest absolute Gasteiger partial charge is 2.00 e. The van der Waals surface area contributed by atoms with E-state index in [4.69, 9.17) is 18.6 Å². The molecule has 0 saturated carbocycles. The second-order valence-corrected chi connectivity index (χ2v) is 1.19. The standard InChI is InChI=1S/ClHO4.Mg.8H2O.2H/c2-1(3,4)5;;;;;;;;;;;/h(H,2,3,4,5);;8*1H2;;/q;+2;;;;;;;;;2*-1. The molecule has 0 saturated heterocycles. The van der Waals surface area contributed by atoms with Crippen LogP contribution in [-0.2, 0) is 0 Å². The van der Waals surface area contributed by atoms with Crippen LogP contribution in [0.1, 0.15) is 2.85 Å². The van der Waals surface area contributed by atoms with Crippen LogP contribution >= 0.6 is 0 Å². The molecule has 0 amide bonds. The summed E-state index contributed by atoms with van der Waals surface area (Å²) in [4.78, 5) is 0. The predicted molar refractivity (Wildman–Crippen MR) is 39.1 cm³/mol. The quantitative estimate of drug-likeness (QED) is 0.418. The molecule has 0 bridgehead atoms. The Morgan fingerprint density at radius 1 is 0.643 bits per heavy atom. The molecule has 12 nitrogen and oxygen atoms in total. The molecule has 14 heteroatoms. The van der Waals surface area contributed by atoms with Gasteiger partial charge in [-0.15, -0.1) is 0 Å². The minimum absolute atomic E-state index is 0. The summed E-state index contributed by atoms with van der Waals surface area (Å²) in [6, 6.07) is 0. The molecule has 0 radical (unpaired) electrons. The molecule has 17 N–H and O–H groups in total. The maximum absolute atomic E-state index is 8.60. The first-order valence-electron chi connectivity index (χ1n) is 0.632. The molecule has 0 aromatic rings. The Kier molecular flexibility index (Phi) is 455. The van der Waals surface area contributed by atoms with Crippen LogP contribution in [0.4, 0.5) is 0 Å². The van der Waals surface area contributed by atoms with Crippen LogP contribution in [0.2, 0.25) is 0 Å². The molecule has 0 unspecified atom stereocenters. The molecule has 0 aliphatic rings. The average molecular weight is 271 g/mol. The Labute approximate surface area is 99.1 Å². The van der Waals surface area contributed by atoms with E-state index < -0.39 is 10.2 Å². The number of hydrogen-bond donors (Lipinski definition) is 1. The van der Waals surface area contributed by atoms with Gasteiger partial charge in [0.2, 0.25) is 0 Å². The minimum Gasteiger partial charge on any atom is -1.00 e. The van der Waals surface area contributed by atoms with Gasteiger partial charge in [-0.3, -0.25) is 0 Å². The van der Waals surface area contributed by atoms with Crippen LogP contribution < -0.4 is 14.0 Å². The molecule has 0 rings (SSSR count). The molecule has 0 heterocycles. The maximum atomic E-state index is 8.60. The van der Waals surface area contributed by atoms with Gasteiger partial charge < -0.3 is 46.7 Å². The van der Waals surface area contributed by atoms with Gasteiger partial charge in [0.1, 0.15) is 0 Å². The molecular formula is H19ClMgO12. The Morgan fingerprint density at radius 2 is 0.643 bits per heavy atom.